The molecule has 1 fully saturated rings. The van der Waals surface area contributed by atoms with Crippen molar-refractivity contribution in [2.45, 2.75) is 19.2 Å². The zero-order chi connectivity index (χ0) is 15.6. The fourth-order valence-corrected chi connectivity index (χ4v) is 5.43. The highest BCUT2D eigenvalue weighted by molar-refractivity contribution is 8.01. The van der Waals surface area contributed by atoms with E-state index in [0.29, 0.717) is 18.0 Å². The van der Waals surface area contributed by atoms with Crippen molar-refractivity contribution < 1.29 is 17.6 Å². The van der Waals surface area contributed by atoms with E-state index in [4.69, 9.17) is 0 Å². The standard InChI is InChI=1S/C14H18FNO3S2/c1-3-21(18,19)13-9-20-8-7-16(13)12-6-4-5-11(15)14(12)10(2)17/h4-6,13H,3,7-9H2,1-2H3. The van der Waals surface area contributed by atoms with Crippen molar-refractivity contribution >= 4 is 33.1 Å². The molecule has 0 spiro atoms. The van der Waals surface area contributed by atoms with Crippen LogP contribution in [0.2, 0.25) is 0 Å². The van der Waals surface area contributed by atoms with E-state index >= 15 is 0 Å². The van der Waals surface area contributed by atoms with Gasteiger partial charge in [0.2, 0.25) is 0 Å². The van der Waals surface area contributed by atoms with Crippen LogP contribution in [-0.4, -0.2) is 43.4 Å². The second kappa shape index (κ2) is 6.36. The van der Waals surface area contributed by atoms with Gasteiger partial charge in [-0.15, -0.1) is 0 Å². The van der Waals surface area contributed by atoms with Crippen LogP contribution in [0.1, 0.15) is 24.2 Å². The second-order valence-electron chi connectivity index (χ2n) is 4.86. The Labute approximate surface area is 128 Å². The Morgan fingerprint density at radius 2 is 2.19 bits per heavy atom. The van der Waals surface area contributed by atoms with Crippen molar-refractivity contribution in [2.75, 3.05) is 28.7 Å². The fraction of sp³-hybridized carbons (Fsp3) is 0.500. The molecule has 4 nitrogen and oxygen atoms in total. The molecule has 1 aliphatic heterocycles. The molecule has 0 aliphatic carbocycles. The van der Waals surface area contributed by atoms with Gasteiger partial charge in [-0.25, -0.2) is 12.8 Å². The largest absolute Gasteiger partial charge is 0.353 e. The van der Waals surface area contributed by atoms with Crippen molar-refractivity contribution in [3.05, 3.63) is 29.6 Å². The number of benzene rings is 1. The van der Waals surface area contributed by atoms with Gasteiger partial charge in [0.25, 0.3) is 0 Å². The quantitative estimate of drug-likeness (QED) is 0.793. The minimum atomic E-state index is -3.30. The van der Waals surface area contributed by atoms with Crippen LogP contribution < -0.4 is 4.90 Å². The minimum absolute atomic E-state index is 0.0271. The Kier molecular flexibility index (Phi) is 4.93. The van der Waals surface area contributed by atoms with E-state index in [-0.39, 0.29) is 11.3 Å². The van der Waals surface area contributed by atoms with E-state index < -0.39 is 26.8 Å². The molecular weight excluding hydrogens is 313 g/mol. The van der Waals surface area contributed by atoms with E-state index in [2.05, 4.69) is 0 Å². The van der Waals surface area contributed by atoms with E-state index in [1.807, 2.05) is 0 Å². The number of sulfone groups is 1. The summed E-state index contributed by atoms with van der Waals surface area (Å²) in [4.78, 5) is 13.4. The van der Waals surface area contributed by atoms with E-state index in [1.165, 1.54) is 19.1 Å². The van der Waals surface area contributed by atoms with Gasteiger partial charge in [-0.2, -0.15) is 11.8 Å². The highest BCUT2D eigenvalue weighted by atomic mass is 32.2. The van der Waals surface area contributed by atoms with Crippen molar-refractivity contribution in [1.29, 1.82) is 0 Å². The summed E-state index contributed by atoms with van der Waals surface area (Å²) < 4.78 is 38.5. The summed E-state index contributed by atoms with van der Waals surface area (Å²) in [5.74, 6) is 0.215. The van der Waals surface area contributed by atoms with Gasteiger partial charge in [0.1, 0.15) is 11.2 Å². The van der Waals surface area contributed by atoms with Gasteiger partial charge in [-0.05, 0) is 19.1 Å². The molecule has 0 radical (unpaired) electrons. The van der Waals surface area contributed by atoms with Crippen LogP contribution in [0.4, 0.5) is 10.1 Å². The summed E-state index contributed by atoms with van der Waals surface area (Å²) in [6.45, 7) is 3.38. The third kappa shape index (κ3) is 3.23. The number of hydrogen-bond donors (Lipinski definition) is 0. The lowest BCUT2D eigenvalue weighted by Crippen LogP contribution is -2.48. The SMILES string of the molecule is CCS(=O)(=O)C1CSCCN1c1cccc(F)c1C(C)=O. The second-order valence-corrected chi connectivity index (χ2v) is 8.46. The van der Waals surface area contributed by atoms with Crippen molar-refractivity contribution in [3.63, 3.8) is 0 Å². The lowest BCUT2D eigenvalue weighted by atomic mass is 10.1. The molecule has 1 aromatic rings. The summed E-state index contributed by atoms with van der Waals surface area (Å²) in [5.41, 5.74) is 0.352. The Bertz CT molecular complexity index is 646. The molecule has 0 aromatic heterocycles. The lowest BCUT2D eigenvalue weighted by molar-refractivity contribution is 0.101. The molecule has 116 valence electrons. The number of Topliss-reactive ketones (excluding diaryl/α,β-unsaturated/α-hetero) is 1. The van der Waals surface area contributed by atoms with Gasteiger partial charge in [0.05, 0.1) is 11.3 Å². The van der Waals surface area contributed by atoms with Crippen molar-refractivity contribution in [2.24, 2.45) is 0 Å². The van der Waals surface area contributed by atoms with E-state index in [1.54, 1.807) is 29.7 Å². The number of anilines is 1. The highest BCUT2D eigenvalue weighted by Crippen LogP contribution is 2.31. The number of nitrogens with zero attached hydrogens (tertiary/aromatic N) is 1. The molecule has 1 unspecified atom stereocenters. The maximum absolute atomic E-state index is 14.0. The third-order valence-corrected chi connectivity index (χ3v) is 6.84. The van der Waals surface area contributed by atoms with Crippen LogP contribution in [0.5, 0.6) is 0 Å². The average molecular weight is 331 g/mol. The van der Waals surface area contributed by atoms with Gasteiger partial charge in [0.15, 0.2) is 15.6 Å². The first kappa shape index (κ1) is 16.3. The Balaban J connectivity index is 2.53. The van der Waals surface area contributed by atoms with Gasteiger partial charge in [-0.1, -0.05) is 13.0 Å². The van der Waals surface area contributed by atoms with Crippen LogP contribution in [0.25, 0.3) is 0 Å². The molecule has 1 atom stereocenters. The van der Waals surface area contributed by atoms with Gasteiger partial charge in [0, 0.05) is 23.8 Å². The molecule has 0 N–H and O–H groups in total. The molecule has 0 saturated carbocycles. The fourth-order valence-electron chi connectivity index (χ4n) is 2.45. The monoisotopic (exact) mass is 331 g/mol. The van der Waals surface area contributed by atoms with Crippen LogP contribution in [0.3, 0.4) is 0 Å². The molecule has 1 heterocycles. The van der Waals surface area contributed by atoms with E-state index in [9.17, 15) is 17.6 Å². The van der Waals surface area contributed by atoms with Gasteiger partial charge >= 0.3 is 0 Å². The number of halogens is 1. The number of rotatable bonds is 4. The zero-order valence-corrected chi connectivity index (χ0v) is 13.6. The highest BCUT2D eigenvalue weighted by Gasteiger charge is 2.34. The Morgan fingerprint density at radius 1 is 1.48 bits per heavy atom. The van der Waals surface area contributed by atoms with Crippen molar-refractivity contribution in [1.82, 2.24) is 0 Å². The number of hydrogen-bond acceptors (Lipinski definition) is 5. The average Bonchev–Trinajstić information content (AvgIpc) is 2.46. The normalized spacial score (nSPS) is 19.6. The summed E-state index contributed by atoms with van der Waals surface area (Å²) in [6.07, 6.45) is 0. The maximum Gasteiger partial charge on any atom is 0.171 e. The summed E-state index contributed by atoms with van der Waals surface area (Å²) in [6, 6.07) is 4.35. The Hall–Kier alpha value is -1.08. The number of carbonyl (C=O) groups excluding carboxylic acids is 1. The molecule has 0 bridgehead atoms. The molecule has 1 aromatic carbocycles. The molecule has 2 rings (SSSR count). The zero-order valence-electron chi connectivity index (χ0n) is 12.0. The molecule has 21 heavy (non-hydrogen) atoms. The van der Waals surface area contributed by atoms with Crippen molar-refractivity contribution in [3.8, 4) is 0 Å². The smallest absolute Gasteiger partial charge is 0.171 e. The molecular formula is C14H18FNO3S2. The van der Waals surface area contributed by atoms with Gasteiger partial charge in [-0.3, -0.25) is 4.79 Å². The molecule has 7 heteroatoms. The molecule has 0 amide bonds. The van der Waals surface area contributed by atoms with Crippen LogP contribution in [0.15, 0.2) is 18.2 Å². The summed E-state index contributed by atoms with van der Waals surface area (Å²) in [5, 5.41) is -0.707. The first-order chi connectivity index (χ1) is 9.88. The topological polar surface area (TPSA) is 54.5 Å². The van der Waals surface area contributed by atoms with E-state index in [0.717, 1.165) is 5.75 Å². The Morgan fingerprint density at radius 3 is 2.81 bits per heavy atom. The molecule has 1 aliphatic rings. The van der Waals surface area contributed by atoms with Crippen LogP contribution in [-0.2, 0) is 9.84 Å². The summed E-state index contributed by atoms with van der Waals surface area (Å²) >= 11 is 1.56. The lowest BCUT2D eigenvalue weighted by Gasteiger charge is -2.37. The van der Waals surface area contributed by atoms with Crippen LogP contribution >= 0.6 is 11.8 Å². The first-order valence-corrected chi connectivity index (χ1v) is 9.61. The number of thioether (sulfide) groups is 1. The number of ketones is 1. The maximum atomic E-state index is 14.0. The summed E-state index contributed by atoms with van der Waals surface area (Å²) in [7, 11) is -3.30. The predicted molar refractivity (Wildman–Crippen MR) is 84.3 cm³/mol. The minimum Gasteiger partial charge on any atom is -0.353 e. The first-order valence-electron chi connectivity index (χ1n) is 6.74. The van der Waals surface area contributed by atoms with Gasteiger partial charge < -0.3 is 4.90 Å². The number of carbonyl (C=O) groups is 1. The third-order valence-electron chi connectivity index (χ3n) is 3.55. The van der Waals surface area contributed by atoms with Crippen LogP contribution in [0, 0.1) is 5.82 Å². The molecule has 1 saturated heterocycles. The predicted octanol–water partition coefficient (Wildman–Crippen LogP) is 2.34.